The molecule has 0 amide bonds. The maximum atomic E-state index is 9.07. The number of aryl methyl sites for hydroxylation is 1. The second-order valence-electron chi connectivity index (χ2n) is 5.15. The van der Waals surface area contributed by atoms with Crippen molar-refractivity contribution < 1.29 is 0 Å². The normalized spacial score (nSPS) is 16.1. The Balaban J connectivity index is 1.71. The van der Waals surface area contributed by atoms with Crippen molar-refractivity contribution in [3.63, 3.8) is 0 Å². The minimum absolute atomic E-state index is 0.474. The van der Waals surface area contributed by atoms with E-state index in [1.54, 1.807) is 0 Å². The first-order valence-electron chi connectivity index (χ1n) is 6.90. The summed E-state index contributed by atoms with van der Waals surface area (Å²) >= 11 is 0. The number of anilines is 1. The fourth-order valence-electron chi connectivity index (χ4n) is 2.66. The highest BCUT2D eigenvalue weighted by Gasteiger charge is 2.21. The van der Waals surface area contributed by atoms with Gasteiger partial charge >= 0.3 is 0 Å². The molecule has 0 unspecified atom stereocenters. The van der Waals surface area contributed by atoms with Crippen LogP contribution in [0, 0.1) is 18.3 Å². The van der Waals surface area contributed by atoms with Gasteiger partial charge in [-0.25, -0.2) is 4.98 Å². The second kappa shape index (κ2) is 5.33. The Bertz CT molecular complexity index is 618. The molecule has 3 rings (SSSR count). The predicted molar refractivity (Wildman–Crippen MR) is 76.4 cm³/mol. The van der Waals surface area contributed by atoms with Gasteiger partial charge in [0.2, 0.25) is 0 Å². The third-order valence-corrected chi connectivity index (χ3v) is 3.88. The van der Waals surface area contributed by atoms with E-state index in [0.717, 1.165) is 37.3 Å². The summed E-state index contributed by atoms with van der Waals surface area (Å²) in [5.74, 6) is 0.908. The van der Waals surface area contributed by atoms with Crippen LogP contribution < -0.4 is 4.90 Å². The maximum Gasteiger partial charge on any atom is 0.145 e. The minimum atomic E-state index is 0.474. The zero-order valence-electron chi connectivity index (χ0n) is 11.5. The number of pyridine rings is 1. The second-order valence-corrected chi connectivity index (χ2v) is 5.15. The van der Waals surface area contributed by atoms with Crippen LogP contribution in [0.3, 0.4) is 0 Å². The van der Waals surface area contributed by atoms with Crippen molar-refractivity contribution in [2.24, 2.45) is 0 Å². The van der Waals surface area contributed by atoms with E-state index >= 15 is 0 Å². The first kappa shape index (κ1) is 12.7. The van der Waals surface area contributed by atoms with Gasteiger partial charge < -0.3 is 4.90 Å². The first-order valence-corrected chi connectivity index (χ1v) is 6.90. The molecule has 2 aromatic heterocycles. The monoisotopic (exact) mass is 267 g/mol. The highest BCUT2D eigenvalue weighted by atomic mass is 15.3. The standard InChI is InChI=1S/C15H17N5/c1-12-3-4-15(18-14(12)11-16)19-9-5-13(6-10-19)20-8-2-7-17-20/h2-4,7-8,13H,5-6,9-10H2,1H3. The minimum Gasteiger partial charge on any atom is -0.356 e. The summed E-state index contributed by atoms with van der Waals surface area (Å²) in [6, 6.07) is 8.57. The van der Waals surface area contributed by atoms with Crippen molar-refractivity contribution in [2.75, 3.05) is 18.0 Å². The quantitative estimate of drug-likeness (QED) is 0.837. The molecule has 5 nitrogen and oxygen atoms in total. The van der Waals surface area contributed by atoms with Crippen molar-refractivity contribution in [1.29, 1.82) is 5.26 Å². The van der Waals surface area contributed by atoms with Gasteiger partial charge in [0.25, 0.3) is 0 Å². The molecule has 0 aromatic carbocycles. The van der Waals surface area contributed by atoms with Gasteiger partial charge in [-0.2, -0.15) is 10.4 Å². The summed E-state index contributed by atoms with van der Waals surface area (Å²) in [5.41, 5.74) is 1.46. The van der Waals surface area contributed by atoms with E-state index in [0.29, 0.717) is 11.7 Å². The molecule has 0 spiro atoms. The molecule has 1 aliphatic rings. The van der Waals surface area contributed by atoms with Gasteiger partial charge in [0.1, 0.15) is 17.6 Å². The molecule has 102 valence electrons. The van der Waals surface area contributed by atoms with Crippen molar-refractivity contribution >= 4 is 5.82 Å². The van der Waals surface area contributed by atoms with Gasteiger partial charge in [0.05, 0.1) is 6.04 Å². The van der Waals surface area contributed by atoms with Crippen LogP contribution in [0.25, 0.3) is 0 Å². The summed E-state index contributed by atoms with van der Waals surface area (Å²) in [4.78, 5) is 6.69. The maximum absolute atomic E-state index is 9.07. The van der Waals surface area contributed by atoms with E-state index in [1.807, 2.05) is 42.2 Å². The van der Waals surface area contributed by atoms with Crippen LogP contribution in [0.2, 0.25) is 0 Å². The number of aromatic nitrogens is 3. The molecule has 0 atom stereocenters. The molecule has 0 saturated carbocycles. The van der Waals surface area contributed by atoms with Gasteiger partial charge in [-0.15, -0.1) is 0 Å². The van der Waals surface area contributed by atoms with Crippen molar-refractivity contribution in [2.45, 2.75) is 25.8 Å². The molecule has 0 N–H and O–H groups in total. The molecule has 1 fully saturated rings. The van der Waals surface area contributed by atoms with Gasteiger partial charge in [0, 0.05) is 25.5 Å². The van der Waals surface area contributed by atoms with E-state index in [4.69, 9.17) is 5.26 Å². The first-order chi connectivity index (χ1) is 9.78. The SMILES string of the molecule is Cc1ccc(N2CCC(n3cccn3)CC2)nc1C#N. The zero-order chi connectivity index (χ0) is 13.9. The Morgan fingerprint density at radius 1 is 1.30 bits per heavy atom. The molecular weight excluding hydrogens is 250 g/mol. The van der Waals surface area contributed by atoms with Gasteiger partial charge in [0.15, 0.2) is 0 Å². The number of hydrogen-bond donors (Lipinski definition) is 0. The highest BCUT2D eigenvalue weighted by Crippen LogP contribution is 2.25. The molecule has 0 bridgehead atoms. The molecule has 1 saturated heterocycles. The summed E-state index contributed by atoms with van der Waals surface area (Å²) in [6.45, 7) is 3.82. The lowest BCUT2D eigenvalue weighted by Crippen LogP contribution is -2.35. The van der Waals surface area contributed by atoms with Crippen LogP contribution >= 0.6 is 0 Å². The summed E-state index contributed by atoms with van der Waals surface area (Å²) in [6.07, 6.45) is 5.96. The van der Waals surface area contributed by atoms with Crippen LogP contribution in [0.1, 0.15) is 30.1 Å². The molecule has 3 heterocycles. The number of piperidine rings is 1. The Kier molecular flexibility index (Phi) is 3.38. The fraction of sp³-hybridized carbons (Fsp3) is 0.400. The van der Waals surface area contributed by atoms with Gasteiger partial charge in [-0.1, -0.05) is 6.07 Å². The molecule has 1 aliphatic heterocycles. The summed E-state index contributed by atoms with van der Waals surface area (Å²) in [7, 11) is 0. The van der Waals surface area contributed by atoms with Gasteiger partial charge in [-0.05, 0) is 37.5 Å². The lowest BCUT2D eigenvalue weighted by atomic mass is 10.1. The Morgan fingerprint density at radius 2 is 2.10 bits per heavy atom. The number of nitriles is 1. The van der Waals surface area contributed by atoms with E-state index < -0.39 is 0 Å². The van der Waals surface area contributed by atoms with Crippen molar-refractivity contribution in [1.82, 2.24) is 14.8 Å². The summed E-state index contributed by atoms with van der Waals surface area (Å²) in [5, 5.41) is 13.4. The lowest BCUT2D eigenvalue weighted by Gasteiger charge is -2.33. The molecule has 2 aromatic rings. The Hall–Kier alpha value is -2.35. The fourth-order valence-corrected chi connectivity index (χ4v) is 2.66. The largest absolute Gasteiger partial charge is 0.356 e. The van der Waals surface area contributed by atoms with E-state index in [-0.39, 0.29) is 0 Å². The van der Waals surface area contributed by atoms with Crippen LogP contribution in [-0.4, -0.2) is 27.9 Å². The average Bonchev–Trinajstić information content (AvgIpc) is 3.02. The number of hydrogen-bond acceptors (Lipinski definition) is 4. The zero-order valence-corrected chi connectivity index (χ0v) is 11.5. The molecule has 0 radical (unpaired) electrons. The van der Waals surface area contributed by atoms with Gasteiger partial charge in [-0.3, -0.25) is 4.68 Å². The molecule has 5 heteroatoms. The number of rotatable bonds is 2. The Morgan fingerprint density at radius 3 is 2.75 bits per heavy atom. The van der Waals surface area contributed by atoms with Crippen LogP contribution in [0.15, 0.2) is 30.6 Å². The molecule has 20 heavy (non-hydrogen) atoms. The molecule has 0 aliphatic carbocycles. The van der Waals surface area contributed by atoms with E-state index in [9.17, 15) is 0 Å². The predicted octanol–water partition coefficient (Wildman–Crippen LogP) is 2.30. The van der Waals surface area contributed by atoms with E-state index in [1.165, 1.54) is 0 Å². The lowest BCUT2D eigenvalue weighted by molar-refractivity contribution is 0.366. The number of nitrogens with zero attached hydrogens (tertiary/aromatic N) is 5. The van der Waals surface area contributed by atoms with Crippen molar-refractivity contribution in [3.05, 3.63) is 41.9 Å². The van der Waals surface area contributed by atoms with Crippen LogP contribution in [-0.2, 0) is 0 Å². The highest BCUT2D eigenvalue weighted by molar-refractivity contribution is 5.45. The van der Waals surface area contributed by atoms with Crippen LogP contribution in [0.4, 0.5) is 5.82 Å². The molecular formula is C15H17N5. The topological polar surface area (TPSA) is 57.7 Å². The Labute approximate surface area is 118 Å². The summed E-state index contributed by atoms with van der Waals surface area (Å²) < 4.78 is 2.04. The van der Waals surface area contributed by atoms with Crippen LogP contribution in [0.5, 0.6) is 0 Å². The van der Waals surface area contributed by atoms with Crippen molar-refractivity contribution in [3.8, 4) is 6.07 Å². The van der Waals surface area contributed by atoms with E-state index in [2.05, 4.69) is 21.1 Å². The smallest absolute Gasteiger partial charge is 0.145 e. The third-order valence-electron chi connectivity index (χ3n) is 3.88. The third kappa shape index (κ3) is 2.37. The average molecular weight is 267 g/mol.